The number of amides is 1. The Morgan fingerprint density at radius 1 is 1.40 bits per heavy atom. The van der Waals surface area contributed by atoms with Crippen molar-refractivity contribution >= 4 is 11.6 Å². The van der Waals surface area contributed by atoms with Crippen LogP contribution in [0.15, 0.2) is 18.2 Å². The first-order valence-corrected chi connectivity index (χ1v) is 5.02. The van der Waals surface area contributed by atoms with E-state index in [1.807, 2.05) is 18.2 Å². The first kappa shape index (κ1) is 10.2. The minimum absolute atomic E-state index is 0.0849. The van der Waals surface area contributed by atoms with Gasteiger partial charge in [-0.3, -0.25) is 4.79 Å². The smallest absolute Gasteiger partial charge is 0.231 e. The maximum Gasteiger partial charge on any atom is 0.231 e. The zero-order chi connectivity index (χ0) is 11.2. The number of fused-ring (bicyclic) bond motifs is 1. The minimum atomic E-state index is -0.892. The lowest BCUT2D eigenvalue weighted by molar-refractivity contribution is -0.117. The summed E-state index contributed by atoms with van der Waals surface area (Å²) in [6.07, 6.45) is 0.395. The van der Waals surface area contributed by atoms with Gasteiger partial charge in [-0.1, -0.05) is 12.1 Å². The first-order chi connectivity index (χ1) is 6.91. The number of hydrogen-bond donors (Lipinski definition) is 1. The minimum Gasteiger partial charge on any atom is -0.386 e. The Labute approximate surface area is 89.3 Å². The zero-order valence-corrected chi connectivity index (χ0v) is 9.24. The monoisotopic (exact) mass is 205 g/mol. The topological polar surface area (TPSA) is 40.5 Å². The van der Waals surface area contributed by atoms with E-state index in [2.05, 4.69) is 0 Å². The Hall–Kier alpha value is -1.35. The number of likely N-dealkylation sites (N-methyl/N-ethyl adjacent to an activating group) is 1. The molecule has 0 unspecified atom stereocenters. The van der Waals surface area contributed by atoms with Gasteiger partial charge in [-0.2, -0.15) is 0 Å². The molecule has 2 rings (SSSR count). The van der Waals surface area contributed by atoms with Crippen LogP contribution in [-0.2, 0) is 16.8 Å². The highest BCUT2D eigenvalue weighted by molar-refractivity contribution is 6.01. The van der Waals surface area contributed by atoms with Crippen molar-refractivity contribution in [1.82, 2.24) is 0 Å². The van der Waals surface area contributed by atoms with E-state index in [0.29, 0.717) is 6.42 Å². The molecule has 1 amide bonds. The van der Waals surface area contributed by atoms with Crippen LogP contribution in [0.25, 0.3) is 0 Å². The summed E-state index contributed by atoms with van der Waals surface area (Å²) in [6, 6.07) is 5.67. The molecule has 0 aromatic heterocycles. The van der Waals surface area contributed by atoms with Crippen LogP contribution in [0.3, 0.4) is 0 Å². The predicted octanol–water partition coefficient (Wildman–Crippen LogP) is 1.43. The standard InChI is InChI=1S/C12H15NO2/c1-12(2,15)9-5-4-6-10-8(9)7-11(14)13(10)3/h4-6,15H,7H2,1-3H3. The number of benzene rings is 1. The van der Waals surface area contributed by atoms with E-state index in [4.69, 9.17) is 0 Å². The number of hydrogen-bond acceptors (Lipinski definition) is 2. The van der Waals surface area contributed by atoms with Gasteiger partial charge >= 0.3 is 0 Å². The van der Waals surface area contributed by atoms with Crippen molar-refractivity contribution in [3.63, 3.8) is 0 Å². The van der Waals surface area contributed by atoms with E-state index < -0.39 is 5.60 Å². The molecule has 0 aliphatic carbocycles. The SMILES string of the molecule is CN1C(=O)Cc2c1cccc2C(C)(C)O. The molecule has 1 heterocycles. The highest BCUT2D eigenvalue weighted by Crippen LogP contribution is 2.35. The molecule has 15 heavy (non-hydrogen) atoms. The second-order valence-electron chi connectivity index (χ2n) is 4.49. The summed E-state index contributed by atoms with van der Waals surface area (Å²) in [6.45, 7) is 3.48. The normalized spacial score (nSPS) is 15.7. The van der Waals surface area contributed by atoms with E-state index in [1.165, 1.54) is 0 Å². The molecular formula is C12H15NO2. The van der Waals surface area contributed by atoms with Crippen LogP contribution in [0.1, 0.15) is 25.0 Å². The van der Waals surface area contributed by atoms with E-state index in [0.717, 1.165) is 16.8 Å². The van der Waals surface area contributed by atoms with Gasteiger partial charge in [0.05, 0.1) is 12.0 Å². The lowest BCUT2D eigenvalue weighted by Gasteiger charge is -2.21. The van der Waals surface area contributed by atoms with Crippen LogP contribution >= 0.6 is 0 Å². The lowest BCUT2D eigenvalue weighted by atomic mass is 9.92. The summed E-state index contributed by atoms with van der Waals surface area (Å²) in [7, 11) is 1.77. The predicted molar refractivity (Wildman–Crippen MR) is 58.8 cm³/mol. The highest BCUT2D eigenvalue weighted by Gasteiger charge is 2.30. The summed E-state index contributed by atoms with van der Waals surface area (Å²) >= 11 is 0. The van der Waals surface area contributed by atoms with Gasteiger partial charge in [-0.25, -0.2) is 0 Å². The summed E-state index contributed by atoms with van der Waals surface area (Å²) in [5.41, 5.74) is 1.83. The van der Waals surface area contributed by atoms with Gasteiger partial charge in [0, 0.05) is 12.7 Å². The summed E-state index contributed by atoms with van der Waals surface area (Å²) < 4.78 is 0. The van der Waals surface area contributed by atoms with Crippen LogP contribution < -0.4 is 4.90 Å². The molecule has 0 saturated carbocycles. The maximum absolute atomic E-state index is 11.6. The molecule has 0 saturated heterocycles. The van der Waals surface area contributed by atoms with Gasteiger partial charge in [0.25, 0.3) is 0 Å². The number of nitrogens with zero attached hydrogens (tertiary/aromatic N) is 1. The van der Waals surface area contributed by atoms with Crippen LogP contribution in [0, 0.1) is 0 Å². The molecule has 80 valence electrons. The number of anilines is 1. The van der Waals surface area contributed by atoms with Crippen molar-refractivity contribution in [3.8, 4) is 0 Å². The van der Waals surface area contributed by atoms with Crippen molar-refractivity contribution in [2.75, 3.05) is 11.9 Å². The Morgan fingerprint density at radius 2 is 2.07 bits per heavy atom. The Kier molecular flexibility index (Phi) is 2.08. The van der Waals surface area contributed by atoms with Crippen molar-refractivity contribution in [3.05, 3.63) is 29.3 Å². The van der Waals surface area contributed by atoms with Gasteiger partial charge in [0.15, 0.2) is 0 Å². The number of carbonyl (C=O) groups is 1. The fraction of sp³-hybridized carbons (Fsp3) is 0.417. The van der Waals surface area contributed by atoms with Crippen LogP contribution in [-0.4, -0.2) is 18.1 Å². The third-order valence-electron chi connectivity index (χ3n) is 2.87. The zero-order valence-electron chi connectivity index (χ0n) is 9.24. The second-order valence-corrected chi connectivity index (χ2v) is 4.49. The van der Waals surface area contributed by atoms with Crippen molar-refractivity contribution in [2.45, 2.75) is 25.9 Å². The van der Waals surface area contributed by atoms with Gasteiger partial charge in [-0.05, 0) is 31.0 Å². The molecule has 1 N–H and O–H groups in total. The Bertz CT molecular complexity index is 418. The van der Waals surface area contributed by atoms with Crippen molar-refractivity contribution < 1.29 is 9.90 Å². The van der Waals surface area contributed by atoms with E-state index in [-0.39, 0.29) is 5.91 Å². The van der Waals surface area contributed by atoms with Gasteiger partial charge in [0.2, 0.25) is 5.91 Å². The second kappa shape index (κ2) is 3.07. The number of rotatable bonds is 1. The molecule has 1 aromatic carbocycles. The van der Waals surface area contributed by atoms with E-state index in [9.17, 15) is 9.90 Å². The third-order valence-corrected chi connectivity index (χ3v) is 2.87. The van der Waals surface area contributed by atoms with Crippen molar-refractivity contribution in [2.24, 2.45) is 0 Å². The highest BCUT2D eigenvalue weighted by atomic mass is 16.3. The molecule has 1 aliphatic rings. The molecule has 3 nitrogen and oxygen atoms in total. The average molecular weight is 205 g/mol. The van der Waals surface area contributed by atoms with Gasteiger partial charge < -0.3 is 10.0 Å². The lowest BCUT2D eigenvalue weighted by Crippen LogP contribution is -2.20. The van der Waals surface area contributed by atoms with Crippen LogP contribution in [0.4, 0.5) is 5.69 Å². The summed E-state index contributed by atoms with van der Waals surface area (Å²) in [5.74, 6) is 0.0849. The molecular weight excluding hydrogens is 190 g/mol. The first-order valence-electron chi connectivity index (χ1n) is 5.02. The molecule has 1 aliphatic heterocycles. The fourth-order valence-corrected chi connectivity index (χ4v) is 2.05. The Balaban J connectivity index is 2.60. The number of carbonyl (C=O) groups excluding carboxylic acids is 1. The molecule has 3 heteroatoms. The van der Waals surface area contributed by atoms with E-state index >= 15 is 0 Å². The summed E-state index contributed by atoms with van der Waals surface area (Å²) in [4.78, 5) is 13.2. The molecule has 0 atom stereocenters. The van der Waals surface area contributed by atoms with E-state index in [1.54, 1.807) is 25.8 Å². The fourth-order valence-electron chi connectivity index (χ4n) is 2.05. The Morgan fingerprint density at radius 3 is 2.67 bits per heavy atom. The molecule has 0 radical (unpaired) electrons. The van der Waals surface area contributed by atoms with Gasteiger partial charge in [-0.15, -0.1) is 0 Å². The number of aliphatic hydroxyl groups is 1. The summed E-state index contributed by atoms with van der Waals surface area (Å²) in [5, 5.41) is 10.00. The average Bonchev–Trinajstić information content (AvgIpc) is 2.41. The van der Waals surface area contributed by atoms with Crippen LogP contribution in [0.5, 0.6) is 0 Å². The maximum atomic E-state index is 11.6. The van der Waals surface area contributed by atoms with Crippen molar-refractivity contribution in [1.29, 1.82) is 0 Å². The molecule has 1 aromatic rings. The molecule has 0 spiro atoms. The van der Waals surface area contributed by atoms with Crippen LogP contribution in [0.2, 0.25) is 0 Å². The molecule has 0 bridgehead atoms. The quantitative estimate of drug-likeness (QED) is 0.753. The van der Waals surface area contributed by atoms with Gasteiger partial charge in [0.1, 0.15) is 0 Å². The largest absolute Gasteiger partial charge is 0.386 e. The molecule has 0 fully saturated rings. The third kappa shape index (κ3) is 1.53.